The quantitative estimate of drug-likeness (QED) is 0.479. The molecular weight excluding hydrogens is 352 g/mol. The highest BCUT2D eigenvalue weighted by atomic mass is 79.9. The molecule has 0 spiro atoms. The van der Waals surface area contributed by atoms with E-state index in [-0.39, 0.29) is 11.3 Å². The van der Waals surface area contributed by atoms with Crippen LogP contribution in [0.5, 0.6) is 0 Å². The molecule has 7 heteroatoms. The van der Waals surface area contributed by atoms with Crippen LogP contribution in [0, 0.1) is 10.1 Å². The molecule has 0 aliphatic heterocycles. The molecular formula is C12H18BrClN2O2S. The number of nitrogens with two attached hydrogens (primary N) is 1. The number of benzene rings is 1. The molecule has 1 aromatic rings. The van der Waals surface area contributed by atoms with E-state index in [1.54, 1.807) is 18.2 Å². The Kier molecular flexibility index (Phi) is 7.96. The van der Waals surface area contributed by atoms with Crippen molar-refractivity contribution in [2.24, 2.45) is 5.73 Å². The molecule has 0 aromatic heterocycles. The number of hydrogen-bond acceptors (Lipinski definition) is 4. The van der Waals surface area contributed by atoms with Crippen LogP contribution >= 0.6 is 40.2 Å². The lowest BCUT2D eigenvalue weighted by Crippen LogP contribution is -2.20. The van der Waals surface area contributed by atoms with Gasteiger partial charge in [0.1, 0.15) is 0 Å². The van der Waals surface area contributed by atoms with E-state index in [0.29, 0.717) is 10.6 Å². The van der Waals surface area contributed by atoms with Crippen molar-refractivity contribution in [1.29, 1.82) is 0 Å². The molecule has 0 aliphatic rings. The fourth-order valence-electron chi connectivity index (χ4n) is 1.06. The molecule has 1 unspecified atom stereocenters. The van der Waals surface area contributed by atoms with Crippen molar-refractivity contribution in [2.75, 3.05) is 6.54 Å². The van der Waals surface area contributed by atoms with Crippen molar-refractivity contribution in [3.63, 3.8) is 0 Å². The summed E-state index contributed by atoms with van der Waals surface area (Å²) in [4.78, 5) is 9.79. The number of hydrogen-bond donors (Lipinski definition) is 2. The Bertz CT molecular complexity index is 412. The first-order chi connectivity index (χ1) is 8.49. The van der Waals surface area contributed by atoms with Crippen LogP contribution < -0.4 is 5.73 Å². The highest BCUT2D eigenvalue weighted by molar-refractivity contribution is 9.10. The van der Waals surface area contributed by atoms with Crippen LogP contribution in [0.2, 0.25) is 5.02 Å². The van der Waals surface area contributed by atoms with Gasteiger partial charge in [0, 0.05) is 19.2 Å². The van der Waals surface area contributed by atoms with E-state index in [1.807, 2.05) is 0 Å². The van der Waals surface area contributed by atoms with Crippen LogP contribution in [-0.2, 0) is 0 Å². The van der Waals surface area contributed by atoms with Gasteiger partial charge in [0.25, 0.3) is 0 Å². The molecule has 0 fully saturated rings. The zero-order valence-electron chi connectivity index (χ0n) is 11.1. The van der Waals surface area contributed by atoms with Crippen molar-refractivity contribution in [1.82, 2.24) is 0 Å². The Balaban J connectivity index is 0.000000555. The topological polar surface area (TPSA) is 69.2 Å². The summed E-state index contributed by atoms with van der Waals surface area (Å²) in [6.07, 6.45) is 0. The van der Waals surface area contributed by atoms with Gasteiger partial charge in [0.2, 0.25) is 6.54 Å². The van der Waals surface area contributed by atoms with Gasteiger partial charge in [-0.1, -0.05) is 48.3 Å². The summed E-state index contributed by atoms with van der Waals surface area (Å²) >= 11 is 13.1. The molecule has 0 saturated carbocycles. The minimum absolute atomic E-state index is 0.194. The van der Waals surface area contributed by atoms with Gasteiger partial charge in [0.15, 0.2) is 0 Å². The minimum atomic E-state index is -0.625. The van der Waals surface area contributed by atoms with E-state index in [9.17, 15) is 10.1 Å². The van der Waals surface area contributed by atoms with Crippen LogP contribution in [0.4, 0.5) is 0 Å². The van der Waals surface area contributed by atoms with Crippen LogP contribution in [-0.4, -0.2) is 16.2 Å². The Morgan fingerprint density at radius 2 is 1.95 bits per heavy atom. The van der Waals surface area contributed by atoms with E-state index in [2.05, 4.69) is 49.3 Å². The Morgan fingerprint density at radius 1 is 1.47 bits per heavy atom. The average molecular weight is 370 g/mol. The average Bonchev–Trinajstić information content (AvgIpc) is 2.11. The van der Waals surface area contributed by atoms with Gasteiger partial charge in [-0.05, 0) is 23.8 Å². The SMILES string of the molecule is CC(C)(C)S.NC(C[N+](=O)[O-])c1cc(Cl)cc(Br)c1. The first kappa shape index (κ1) is 18.7. The molecule has 0 bridgehead atoms. The summed E-state index contributed by atoms with van der Waals surface area (Å²) in [5, 5.41) is 10.7. The third kappa shape index (κ3) is 11.2. The number of rotatable bonds is 3. The van der Waals surface area contributed by atoms with Crippen molar-refractivity contribution in [3.8, 4) is 0 Å². The maximum absolute atomic E-state index is 10.2. The van der Waals surface area contributed by atoms with Gasteiger partial charge in [-0.3, -0.25) is 10.1 Å². The third-order valence-electron chi connectivity index (χ3n) is 1.66. The minimum Gasteiger partial charge on any atom is -0.319 e. The van der Waals surface area contributed by atoms with Crippen molar-refractivity contribution >= 4 is 40.2 Å². The number of halogens is 2. The molecule has 1 atom stereocenters. The van der Waals surface area contributed by atoms with Gasteiger partial charge < -0.3 is 5.73 Å². The first-order valence-electron chi connectivity index (χ1n) is 5.55. The maximum Gasteiger partial charge on any atom is 0.222 e. The summed E-state index contributed by atoms with van der Waals surface area (Å²) in [5.74, 6) is 0. The smallest absolute Gasteiger partial charge is 0.222 e. The van der Waals surface area contributed by atoms with Gasteiger partial charge in [-0.2, -0.15) is 12.6 Å². The molecule has 19 heavy (non-hydrogen) atoms. The summed E-state index contributed by atoms with van der Waals surface area (Å²) in [5.41, 5.74) is 6.27. The second-order valence-electron chi connectivity index (χ2n) is 5.00. The van der Waals surface area contributed by atoms with Crippen LogP contribution in [0.15, 0.2) is 22.7 Å². The lowest BCUT2D eigenvalue weighted by atomic mass is 10.1. The highest BCUT2D eigenvalue weighted by Gasteiger charge is 2.13. The molecule has 2 N–H and O–H groups in total. The predicted octanol–water partition coefficient (Wildman–Crippen LogP) is 4.09. The molecule has 0 heterocycles. The zero-order chi connectivity index (χ0) is 15.2. The molecule has 0 radical (unpaired) electrons. The lowest BCUT2D eigenvalue weighted by molar-refractivity contribution is -0.483. The van der Waals surface area contributed by atoms with Gasteiger partial charge in [-0.15, -0.1) is 0 Å². The normalized spacial score (nSPS) is 12.4. The molecule has 0 aliphatic carbocycles. The van der Waals surface area contributed by atoms with Crippen molar-refractivity contribution in [2.45, 2.75) is 31.6 Å². The molecule has 0 saturated heterocycles. The van der Waals surface area contributed by atoms with E-state index >= 15 is 0 Å². The number of thiol groups is 1. The monoisotopic (exact) mass is 368 g/mol. The second kappa shape index (κ2) is 8.09. The fourth-order valence-corrected chi connectivity index (χ4v) is 1.94. The fraction of sp³-hybridized carbons (Fsp3) is 0.500. The maximum atomic E-state index is 10.2. The lowest BCUT2D eigenvalue weighted by Gasteiger charge is -2.08. The number of nitrogens with zero attached hydrogens (tertiary/aromatic N) is 1. The summed E-state index contributed by atoms with van der Waals surface area (Å²) in [7, 11) is 0. The standard InChI is InChI=1S/C8H8BrClN2O2.C4H10S/c9-6-1-5(2-7(10)3-6)8(11)4-12(13)14;1-4(2,3)5/h1-3,8H,4,11H2;5H,1-3H3. The molecule has 1 aromatic carbocycles. The van der Waals surface area contributed by atoms with E-state index in [0.717, 1.165) is 4.47 Å². The van der Waals surface area contributed by atoms with Crippen molar-refractivity contribution < 1.29 is 4.92 Å². The van der Waals surface area contributed by atoms with Crippen molar-refractivity contribution in [3.05, 3.63) is 43.4 Å². The van der Waals surface area contributed by atoms with Gasteiger partial charge in [0.05, 0.1) is 6.04 Å². The third-order valence-corrected chi connectivity index (χ3v) is 2.33. The predicted molar refractivity (Wildman–Crippen MR) is 86.7 cm³/mol. The van der Waals surface area contributed by atoms with E-state index in [4.69, 9.17) is 17.3 Å². The van der Waals surface area contributed by atoms with Gasteiger partial charge in [-0.25, -0.2) is 0 Å². The first-order valence-corrected chi connectivity index (χ1v) is 7.16. The van der Waals surface area contributed by atoms with E-state index in [1.165, 1.54) is 0 Å². The Morgan fingerprint density at radius 3 is 2.32 bits per heavy atom. The number of nitro groups is 1. The highest BCUT2D eigenvalue weighted by Crippen LogP contribution is 2.22. The summed E-state index contributed by atoms with van der Waals surface area (Å²) in [6, 6.07) is 4.42. The largest absolute Gasteiger partial charge is 0.319 e. The second-order valence-corrected chi connectivity index (χ2v) is 7.69. The van der Waals surface area contributed by atoms with Crippen LogP contribution in [0.25, 0.3) is 0 Å². The summed E-state index contributed by atoms with van der Waals surface area (Å²) in [6.45, 7) is 5.86. The Hall–Kier alpha value is -0.300. The molecule has 1 rings (SSSR count). The molecule has 4 nitrogen and oxygen atoms in total. The molecule has 108 valence electrons. The van der Waals surface area contributed by atoms with E-state index < -0.39 is 11.0 Å². The zero-order valence-corrected chi connectivity index (χ0v) is 14.3. The van der Waals surface area contributed by atoms with Crippen LogP contribution in [0.3, 0.4) is 0 Å². The van der Waals surface area contributed by atoms with Gasteiger partial charge >= 0.3 is 0 Å². The van der Waals surface area contributed by atoms with Crippen LogP contribution in [0.1, 0.15) is 32.4 Å². The summed E-state index contributed by atoms with van der Waals surface area (Å²) < 4.78 is 0.957. The molecule has 0 amide bonds. The Labute approximate surface area is 132 Å².